The second-order valence-corrected chi connectivity index (χ2v) is 4.61. The molecular weight excluding hydrogens is 264 g/mol. The number of aromatic nitrogens is 1. The van der Waals surface area contributed by atoms with E-state index in [1.165, 1.54) is 4.90 Å². The number of pyridine rings is 1. The van der Waals surface area contributed by atoms with Crippen molar-refractivity contribution >= 4 is 29.0 Å². The lowest BCUT2D eigenvalue weighted by molar-refractivity contribution is -0.114. The standard InChI is InChI=1S/C14H9ClN2O2/c15-12-6-5-9(7-16-12)8-17-11-4-2-1-3-10(11)13(18)14(17)19/h1-7H,8H2. The van der Waals surface area contributed by atoms with Gasteiger partial charge in [-0.2, -0.15) is 0 Å². The minimum Gasteiger partial charge on any atom is -0.300 e. The molecule has 1 aromatic heterocycles. The van der Waals surface area contributed by atoms with E-state index in [4.69, 9.17) is 11.6 Å². The average molecular weight is 273 g/mol. The van der Waals surface area contributed by atoms with Crippen molar-refractivity contribution in [3.05, 3.63) is 58.9 Å². The molecule has 4 nitrogen and oxygen atoms in total. The van der Waals surface area contributed by atoms with Crippen LogP contribution >= 0.6 is 11.6 Å². The Morgan fingerprint density at radius 3 is 2.63 bits per heavy atom. The van der Waals surface area contributed by atoms with Crippen LogP contribution < -0.4 is 4.90 Å². The van der Waals surface area contributed by atoms with E-state index < -0.39 is 11.7 Å². The first kappa shape index (κ1) is 11.9. The van der Waals surface area contributed by atoms with Crippen LogP contribution in [0, 0.1) is 0 Å². The van der Waals surface area contributed by atoms with Crippen molar-refractivity contribution in [3.63, 3.8) is 0 Å². The van der Waals surface area contributed by atoms with Crippen LogP contribution in [-0.2, 0) is 11.3 Å². The number of anilines is 1. The van der Waals surface area contributed by atoms with Crippen LogP contribution in [0.1, 0.15) is 15.9 Å². The second-order valence-electron chi connectivity index (χ2n) is 4.23. The van der Waals surface area contributed by atoms with Gasteiger partial charge in [0.1, 0.15) is 5.15 Å². The predicted molar refractivity (Wildman–Crippen MR) is 71.2 cm³/mol. The van der Waals surface area contributed by atoms with Gasteiger partial charge in [-0.15, -0.1) is 0 Å². The number of benzene rings is 1. The first-order chi connectivity index (χ1) is 9.16. The predicted octanol–water partition coefficient (Wildman–Crippen LogP) is 2.46. The number of ketones is 1. The summed E-state index contributed by atoms with van der Waals surface area (Å²) in [5, 5.41) is 0.396. The number of para-hydroxylation sites is 1. The molecule has 5 heteroatoms. The van der Waals surface area contributed by atoms with Gasteiger partial charge >= 0.3 is 0 Å². The summed E-state index contributed by atoms with van der Waals surface area (Å²) in [4.78, 5) is 29.2. The van der Waals surface area contributed by atoms with Gasteiger partial charge in [0.2, 0.25) is 0 Å². The lowest BCUT2D eigenvalue weighted by Gasteiger charge is -2.16. The van der Waals surface area contributed by atoms with Gasteiger partial charge in [-0.1, -0.05) is 29.8 Å². The molecule has 1 aliphatic rings. The van der Waals surface area contributed by atoms with Gasteiger partial charge in [0.25, 0.3) is 11.7 Å². The molecule has 0 spiro atoms. The van der Waals surface area contributed by atoms with E-state index >= 15 is 0 Å². The highest BCUT2D eigenvalue weighted by molar-refractivity contribution is 6.52. The lowest BCUT2D eigenvalue weighted by atomic mass is 10.1. The summed E-state index contributed by atoms with van der Waals surface area (Å²) in [6, 6.07) is 10.4. The van der Waals surface area contributed by atoms with Crippen molar-refractivity contribution in [1.82, 2.24) is 4.98 Å². The number of rotatable bonds is 2. The highest BCUT2D eigenvalue weighted by atomic mass is 35.5. The maximum Gasteiger partial charge on any atom is 0.299 e. The molecule has 0 fully saturated rings. The van der Waals surface area contributed by atoms with Crippen molar-refractivity contribution in [3.8, 4) is 0 Å². The zero-order valence-electron chi connectivity index (χ0n) is 9.84. The van der Waals surface area contributed by atoms with Gasteiger partial charge in [-0.05, 0) is 23.8 Å². The van der Waals surface area contributed by atoms with Crippen LogP contribution in [0.15, 0.2) is 42.6 Å². The summed E-state index contributed by atoms with van der Waals surface area (Å²) in [5.41, 5.74) is 1.92. The number of carbonyl (C=O) groups is 2. The first-order valence-electron chi connectivity index (χ1n) is 5.72. The molecule has 0 saturated heterocycles. The monoisotopic (exact) mass is 272 g/mol. The van der Waals surface area contributed by atoms with E-state index in [9.17, 15) is 9.59 Å². The van der Waals surface area contributed by atoms with E-state index in [2.05, 4.69) is 4.98 Å². The Labute approximate surface area is 114 Å². The molecule has 0 radical (unpaired) electrons. The third-order valence-electron chi connectivity index (χ3n) is 3.01. The molecule has 19 heavy (non-hydrogen) atoms. The molecule has 0 aliphatic carbocycles. The second kappa shape index (κ2) is 4.48. The lowest BCUT2D eigenvalue weighted by Crippen LogP contribution is -2.29. The molecule has 0 unspecified atom stereocenters. The number of nitrogens with zero attached hydrogens (tertiary/aromatic N) is 2. The fourth-order valence-corrected chi connectivity index (χ4v) is 2.20. The van der Waals surface area contributed by atoms with Crippen LogP contribution in [0.2, 0.25) is 5.15 Å². The van der Waals surface area contributed by atoms with Crippen molar-refractivity contribution in [2.24, 2.45) is 0 Å². The number of halogens is 1. The molecule has 1 amide bonds. The maximum absolute atomic E-state index is 12.0. The smallest absolute Gasteiger partial charge is 0.299 e. The van der Waals surface area contributed by atoms with Gasteiger partial charge < -0.3 is 4.90 Å². The van der Waals surface area contributed by atoms with Gasteiger partial charge in [-0.25, -0.2) is 4.98 Å². The molecule has 2 heterocycles. The first-order valence-corrected chi connectivity index (χ1v) is 6.10. The maximum atomic E-state index is 12.0. The molecule has 1 aromatic carbocycles. The quantitative estimate of drug-likeness (QED) is 0.623. The summed E-state index contributed by atoms with van der Waals surface area (Å²) >= 11 is 5.72. The average Bonchev–Trinajstić information content (AvgIpc) is 2.67. The summed E-state index contributed by atoms with van der Waals surface area (Å²) in [6.07, 6.45) is 1.60. The Morgan fingerprint density at radius 2 is 1.89 bits per heavy atom. The van der Waals surface area contributed by atoms with Crippen molar-refractivity contribution in [2.45, 2.75) is 6.54 Å². The number of hydrogen-bond acceptors (Lipinski definition) is 3. The number of fused-ring (bicyclic) bond motifs is 1. The fraction of sp³-hybridized carbons (Fsp3) is 0.0714. The highest BCUT2D eigenvalue weighted by Gasteiger charge is 2.35. The van der Waals surface area contributed by atoms with E-state index in [1.807, 2.05) is 0 Å². The third kappa shape index (κ3) is 2.00. The SMILES string of the molecule is O=C1C(=O)N(Cc2ccc(Cl)nc2)c2ccccc21. The zero-order valence-corrected chi connectivity index (χ0v) is 10.6. The van der Waals surface area contributed by atoms with Crippen LogP contribution in [0.5, 0.6) is 0 Å². The topological polar surface area (TPSA) is 50.3 Å². The number of carbonyl (C=O) groups excluding carboxylic acids is 2. The van der Waals surface area contributed by atoms with Gasteiger partial charge in [0.15, 0.2) is 0 Å². The molecular formula is C14H9ClN2O2. The summed E-state index contributed by atoms with van der Waals surface area (Å²) in [7, 11) is 0. The minimum atomic E-state index is -0.504. The molecule has 0 N–H and O–H groups in total. The van der Waals surface area contributed by atoms with Crippen molar-refractivity contribution in [1.29, 1.82) is 0 Å². The van der Waals surface area contributed by atoms with E-state index in [-0.39, 0.29) is 0 Å². The van der Waals surface area contributed by atoms with E-state index in [1.54, 1.807) is 42.6 Å². The van der Waals surface area contributed by atoms with Gasteiger partial charge in [0, 0.05) is 6.20 Å². The van der Waals surface area contributed by atoms with Gasteiger partial charge in [0.05, 0.1) is 17.8 Å². The van der Waals surface area contributed by atoms with Crippen LogP contribution in [0.4, 0.5) is 5.69 Å². The minimum absolute atomic E-state index is 0.311. The van der Waals surface area contributed by atoms with Crippen LogP contribution in [0.3, 0.4) is 0 Å². The Bertz CT molecular complexity index is 667. The van der Waals surface area contributed by atoms with Crippen molar-refractivity contribution in [2.75, 3.05) is 4.90 Å². The molecule has 3 rings (SSSR count). The Kier molecular flexibility index (Phi) is 2.80. The number of Topliss-reactive ketones (excluding diaryl/α,β-unsaturated/α-hetero) is 1. The summed E-state index contributed by atoms with van der Waals surface area (Å²) in [5.74, 6) is -0.964. The molecule has 94 valence electrons. The van der Waals surface area contributed by atoms with Crippen molar-refractivity contribution < 1.29 is 9.59 Å². The Hall–Kier alpha value is -2.20. The van der Waals surface area contributed by atoms with Crippen LogP contribution in [-0.4, -0.2) is 16.7 Å². The normalized spacial score (nSPS) is 13.8. The molecule has 0 atom stereocenters. The Morgan fingerprint density at radius 1 is 1.11 bits per heavy atom. The molecule has 2 aromatic rings. The fourth-order valence-electron chi connectivity index (χ4n) is 2.09. The largest absolute Gasteiger partial charge is 0.300 e. The summed E-state index contributed by atoms with van der Waals surface area (Å²) < 4.78 is 0. The van der Waals surface area contributed by atoms with Gasteiger partial charge in [-0.3, -0.25) is 9.59 Å². The molecule has 0 saturated carbocycles. The number of hydrogen-bond donors (Lipinski definition) is 0. The van der Waals surface area contributed by atoms with E-state index in [0.29, 0.717) is 22.9 Å². The number of amides is 1. The molecule has 0 bridgehead atoms. The van der Waals surface area contributed by atoms with Crippen LogP contribution in [0.25, 0.3) is 0 Å². The molecule has 1 aliphatic heterocycles. The Balaban J connectivity index is 1.95. The third-order valence-corrected chi connectivity index (χ3v) is 3.23. The zero-order chi connectivity index (χ0) is 13.4. The van der Waals surface area contributed by atoms with E-state index in [0.717, 1.165) is 5.56 Å². The highest BCUT2D eigenvalue weighted by Crippen LogP contribution is 2.29. The summed E-state index contributed by atoms with van der Waals surface area (Å²) in [6.45, 7) is 0.311.